The van der Waals surface area contributed by atoms with Gasteiger partial charge >= 0.3 is 0 Å². The Bertz CT molecular complexity index is 1420. The van der Waals surface area contributed by atoms with Crippen molar-refractivity contribution in [1.82, 2.24) is 0 Å². The molecular weight excluding hydrogens is 548 g/mol. The van der Waals surface area contributed by atoms with E-state index >= 15 is 0 Å². The van der Waals surface area contributed by atoms with Gasteiger partial charge in [-0.1, -0.05) is 0 Å². The zero-order chi connectivity index (χ0) is 29.6. The number of aliphatic hydroxyl groups is 6. The van der Waals surface area contributed by atoms with E-state index in [1.54, 1.807) is 0 Å². The summed E-state index contributed by atoms with van der Waals surface area (Å²) in [6, 6.07) is 9.40. The summed E-state index contributed by atoms with van der Waals surface area (Å²) in [4.78, 5) is 12.7. The van der Waals surface area contributed by atoms with Crippen molar-refractivity contribution in [2.75, 3.05) is 6.61 Å². The van der Waals surface area contributed by atoms with Crippen LogP contribution >= 0.6 is 0 Å². The normalized spacial score (nSPS) is 34.0. The second-order valence-corrected chi connectivity index (χ2v) is 9.98. The van der Waals surface area contributed by atoms with Gasteiger partial charge in [-0.2, -0.15) is 0 Å². The molecule has 2 aliphatic rings. The summed E-state index contributed by atoms with van der Waals surface area (Å²) in [5.41, 5.74) is -0.149. The predicted octanol–water partition coefficient (Wildman–Crippen LogP) is -1.10. The molecule has 0 bridgehead atoms. The molecule has 0 unspecified atom stereocenters. The smallest absolute Gasteiger partial charge is 0.229 e. The molecular formula is C27H30O14. The van der Waals surface area contributed by atoms with Crippen molar-refractivity contribution >= 4 is 11.0 Å². The van der Waals surface area contributed by atoms with Crippen molar-refractivity contribution in [3.05, 3.63) is 52.7 Å². The first-order valence-electron chi connectivity index (χ1n) is 12.7. The Morgan fingerprint density at radius 1 is 0.780 bits per heavy atom. The van der Waals surface area contributed by atoms with E-state index in [0.29, 0.717) is 5.56 Å². The largest absolute Gasteiger partial charge is 0.508 e. The van der Waals surface area contributed by atoms with Gasteiger partial charge in [0.2, 0.25) is 6.29 Å². The minimum Gasteiger partial charge on any atom is -0.508 e. The van der Waals surface area contributed by atoms with Crippen LogP contribution in [0.25, 0.3) is 22.3 Å². The average Bonchev–Trinajstić information content (AvgIpc) is 2.94. The summed E-state index contributed by atoms with van der Waals surface area (Å²) in [6.07, 6.45) is -14.9. The lowest BCUT2D eigenvalue weighted by atomic mass is 9.98. The molecule has 3 heterocycles. The van der Waals surface area contributed by atoms with Crippen molar-refractivity contribution < 1.29 is 64.2 Å². The molecule has 14 heteroatoms. The Kier molecular flexibility index (Phi) is 8.20. The van der Waals surface area contributed by atoms with Gasteiger partial charge in [0.1, 0.15) is 76.7 Å². The summed E-state index contributed by atoms with van der Waals surface area (Å²) in [6.45, 7) is 0.969. The summed E-state index contributed by atoms with van der Waals surface area (Å²) in [5, 5.41) is 81.2. The van der Waals surface area contributed by atoms with Crippen LogP contribution in [0.1, 0.15) is 6.92 Å². The molecule has 1 aromatic heterocycles. The molecule has 14 nitrogen and oxygen atoms in total. The number of aromatic hydroxyl groups is 2. The first-order valence-corrected chi connectivity index (χ1v) is 12.7. The number of benzene rings is 2. The standard InChI is InChI=1S/C27H30O14/c1-10-20(31)22(33)24(35)26(38-10)37-9-18-21(32)23(34)25(36)27(41-18)39-13-6-14(29)19-15(30)8-16(40-17(19)7-13)11-2-4-12(28)5-3-11/h2-8,10,18,20-29,31-36H,9H2,1H3/t10-,18-,20+,21+,22-,23-,24+,25-,26-,27-/m0/s1. The highest BCUT2D eigenvalue weighted by Crippen LogP contribution is 2.34. The summed E-state index contributed by atoms with van der Waals surface area (Å²) >= 11 is 0. The molecule has 0 radical (unpaired) electrons. The number of hydrogen-bond acceptors (Lipinski definition) is 14. The third-order valence-corrected chi connectivity index (χ3v) is 7.09. The van der Waals surface area contributed by atoms with Crippen molar-refractivity contribution in [2.45, 2.75) is 68.3 Å². The monoisotopic (exact) mass is 578 g/mol. The molecule has 2 aliphatic heterocycles. The van der Waals surface area contributed by atoms with Gasteiger partial charge in [-0.3, -0.25) is 4.79 Å². The van der Waals surface area contributed by atoms with Gasteiger partial charge in [0.15, 0.2) is 11.7 Å². The number of phenolic OH excluding ortho intramolecular Hbond substituents is 2. The molecule has 2 saturated heterocycles. The molecule has 2 fully saturated rings. The Balaban J connectivity index is 1.35. The van der Waals surface area contributed by atoms with E-state index in [9.17, 15) is 45.6 Å². The van der Waals surface area contributed by atoms with Gasteiger partial charge in [0, 0.05) is 23.8 Å². The Labute approximate surface area is 231 Å². The van der Waals surface area contributed by atoms with Crippen LogP contribution in [0.5, 0.6) is 17.2 Å². The van der Waals surface area contributed by atoms with Gasteiger partial charge in [0.25, 0.3) is 0 Å². The zero-order valence-corrected chi connectivity index (χ0v) is 21.5. The molecule has 0 aliphatic carbocycles. The topological polar surface area (TPSA) is 229 Å². The highest BCUT2D eigenvalue weighted by Gasteiger charge is 2.47. The van der Waals surface area contributed by atoms with Crippen LogP contribution in [-0.4, -0.2) is 109 Å². The molecule has 10 atom stereocenters. The maximum absolute atomic E-state index is 12.7. The summed E-state index contributed by atoms with van der Waals surface area (Å²) < 4.78 is 27.9. The lowest BCUT2D eigenvalue weighted by Crippen LogP contribution is -2.61. The SMILES string of the molecule is C[C@@H]1O[C@H](OC[C@@H]2O[C@H](Oc3cc(O)c4c(=O)cc(-c5ccc(O)cc5)oc4c3)[C@@H](O)[C@@H](O)[C@@H]2O)[C@H](O)[C@@H](O)[C@@H]1O. The number of fused-ring (bicyclic) bond motifs is 1. The molecule has 2 aromatic carbocycles. The molecule has 3 aromatic rings. The van der Waals surface area contributed by atoms with Crippen LogP contribution in [-0.2, 0) is 14.2 Å². The number of aliphatic hydroxyl groups excluding tert-OH is 6. The van der Waals surface area contributed by atoms with Gasteiger partial charge in [-0.15, -0.1) is 0 Å². The van der Waals surface area contributed by atoms with Crippen molar-refractivity contribution in [2.24, 2.45) is 0 Å². The van der Waals surface area contributed by atoms with Crippen LogP contribution in [0.2, 0.25) is 0 Å². The first-order chi connectivity index (χ1) is 19.4. The Hall–Kier alpha value is -3.31. The second kappa shape index (κ2) is 11.5. The molecule has 0 amide bonds. The van der Waals surface area contributed by atoms with E-state index in [1.807, 2.05) is 0 Å². The van der Waals surface area contributed by atoms with Gasteiger partial charge in [-0.25, -0.2) is 0 Å². The number of ether oxygens (including phenoxy) is 4. The lowest BCUT2D eigenvalue weighted by molar-refractivity contribution is -0.318. The van der Waals surface area contributed by atoms with Gasteiger partial charge in [-0.05, 0) is 31.2 Å². The fraction of sp³-hybridized carbons (Fsp3) is 0.444. The minimum atomic E-state index is -1.76. The maximum atomic E-state index is 12.7. The van der Waals surface area contributed by atoms with Gasteiger partial charge < -0.3 is 64.2 Å². The van der Waals surface area contributed by atoms with Crippen LogP contribution in [0.4, 0.5) is 0 Å². The minimum absolute atomic E-state index is 0.0145. The number of phenols is 2. The fourth-order valence-electron chi connectivity index (χ4n) is 4.71. The molecule has 0 spiro atoms. The van der Waals surface area contributed by atoms with E-state index in [2.05, 4.69) is 0 Å². The summed E-state index contributed by atoms with van der Waals surface area (Å²) in [7, 11) is 0. The lowest BCUT2D eigenvalue weighted by Gasteiger charge is -2.42. The van der Waals surface area contributed by atoms with E-state index in [0.717, 1.165) is 6.07 Å². The third kappa shape index (κ3) is 5.74. The van der Waals surface area contributed by atoms with Crippen molar-refractivity contribution in [1.29, 1.82) is 0 Å². The van der Waals surface area contributed by atoms with Crippen LogP contribution in [0, 0.1) is 0 Å². The van der Waals surface area contributed by atoms with E-state index in [-0.39, 0.29) is 28.2 Å². The highest BCUT2D eigenvalue weighted by atomic mass is 16.7. The number of rotatable bonds is 6. The zero-order valence-electron chi connectivity index (χ0n) is 21.5. The van der Waals surface area contributed by atoms with Crippen LogP contribution < -0.4 is 10.2 Å². The van der Waals surface area contributed by atoms with Crippen molar-refractivity contribution in [3.8, 4) is 28.6 Å². The molecule has 8 N–H and O–H groups in total. The van der Waals surface area contributed by atoms with E-state index < -0.39 is 79.2 Å². The molecule has 222 valence electrons. The third-order valence-electron chi connectivity index (χ3n) is 7.09. The highest BCUT2D eigenvalue weighted by molar-refractivity contribution is 5.86. The predicted molar refractivity (Wildman–Crippen MR) is 137 cm³/mol. The average molecular weight is 579 g/mol. The second-order valence-electron chi connectivity index (χ2n) is 9.98. The first kappa shape index (κ1) is 29.2. The van der Waals surface area contributed by atoms with Crippen LogP contribution in [0.3, 0.4) is 0 Å². The van der Waals surface area contributed by atoms with Gasteiger partial charge in [0.05, 0.1) is 12.7 Å². The fourth-order valence-corrected chi connectivity index (χ4v) is 4.71. The Morgan fingerprint density at radius 2 is 1.44 bits per heavy atom. The molecule has 5 rings (SSSR count). The van der Waals surface area contributed by atoms with Crippen molar-refractivity contribution in [3.63, 3.8) is 0 Å². The Morgan fingerprint density at radius 3 is 2.15 bits per heavy atom. The maximum Gasteiger partial charge on any atom is 0.229 e. The number of hydrogen-bond donors (Lipinski definition) is 8. The van der Waals surface area contributed by atoms with E-state index in [1.165, 1.54) is 43.3 Å². The molecule has 41 heavy (non-hydrogen) atoms. The van der Waals surface area contributed by atoms with Crippen LogP contribution in [0.15, 0.2) is 51.7 Å². The molecule has 0 saturated carbocycles. The van der Waals surface area contributed by atoms with E-state index in [4.69, 9.17) is 23.4 Å². The summed E-state index contributed by atoms with van der Waals surface area (Å²) in [5.74, 6) is -0.457. The quantitative estimate of drug-likeness (QED) is 0.174.